The lowest BCUT2D eigenvalue weighted by Crippen LogP contribution is -2.30. The Morgan fingerprint density at radius 3 is 2.72 bits per heavy atom. The highest BCUT2D eigenvalue weighted by atomic mass is 35.5. The van der Waals surface area contributed by atoms with Gasteiger partial charge in [-0.05, 0) is 25.0 Å². The van der Waals surface area contributed by atoms with Crippen LogP contribution in [0.3, 0.4) is 0 Å². The standard InChI is InChI=1S/C13H16ClNO3/c1-2-18-13(17)9-15-12(16)8-7-10-5-3-4-6-11(10)14/h3-6H,2,7-9H2,1H3,(H,15,16). The van der Waals surface area contributed by atoms with Crippen molar-refractivity contribution in [3.05, 3.63) is 34.9 Å². The highest BCUT2D eigenvalue weighted by molar-refractivity contribution is 6.31. The molecule has 1 rings (SSSR count). The molecular weight excluding hydrogens is 254 g/mol. The number of benzene rings is 1. The van der Waals surface area contributed by atoms with Gasteiger partial charge in [-0.1, -0.05) is 29.8 Å². The van der Waals surface area contributed by atoms with Crippen molar-refractivity contribution in [3.8, 4) is 0 Å². The Hall–Kier alpha value is -1.55. The normalized spacial score (nSPS) is 9.89. The topological polar surface area (TPSA) is 55.4 Å². The van der Waals surface area contributed by atoms with E-state index in [2.05, 4.69) is 5.32 Å². The molecule has 0 spiro atoms. The second-order valence-corrected chi connectivity index (χ2v) is 4.08. The van der Waals surface area contributed by atoms with Gasteiger partial charge in [-0.15, -0.1) is 0 Å². The van der Waals surface area contributed by atoms with Gasteiger partial charge in [-0.2, -0.15) is 0 Å². The van der Waals surface area contributed by atoms with Crippen molar-refractivity contribution in [2.75, 3.05) is 13.2 Å². The van der Waals surface area contributed by atoms with Crippen LogP contribution in [-0.2, 0) is 20.7 Å². The van der Waals surface area contributed by atoms with Gasteiger partial charge in [0, 0.05) is 11.4 Å². The Morgan fingerprint density at radius 2 is 2.06 bits per heavy atom. The van der Waals surface area contributed by atoms with E-state index in [0.29, 0.717) is 24.5 Å². The first-order valence-corrected chi connectivity index (χ1v) is 6.17. The molecular formula is C13H16ClNO3. The fourth-order valence-corrected chi connectivity index (χ4v) is 1.65. The lowest BCUT2D eigenvalue weighted by Gasteiger charge is -2.06. The first kappa shape index (κ1) is 14.5. The summed E-state index contributed by atoms with van der Waals surface area (Å²) in [6.45, 7) is 1.95. The van der Waals surface area contributed by atoms with E-state index in [4.69, 9.17) is 16.3 Å². The molecule has 98 valence electrons. The molecule has 0 atom stereocenters. The number of hydrogen-bond donors (Lipinski definition) is 1. The lowest BCUT2D eigenvalue weighted by molar-refractivity contribution is -0.143. The van der Waals surface area contributed by atoms with Gasteiger partial charge < -0.3 is 10.1 Å². The van der Waals surface area contributed by atoms with Crippen molar-refractivity contribution >= 4 is 23.5 Å². The van der Waals surface area contributed by atoms with Crippen molar-refractivity contribution in [2.24, 2.45) is 0 Å². The van der Waals surface area contributed by atoms with Gasteiger partial charge in [-0.3, -0.25) is 9.59 Å². The van der Waals surface area contributed by atoms with Gasteiger partial charge >= 0.3 is 5.97 Å². The van der Waals surface area contributed by atoms with E-state index in [1.54, 1.807) is 13.0 Å². The molecule has 1 aromatic carbocycles. The summed E-state index contributed by atoms with van der Waals surface area (Å²) < 4.78 is 4.70. The molecule has 0 aliphatic carbocycles. The minimum absolute atomic E-state index is 0.0881. The molecule has 5 heteroatoms. The first-order chi connectivity index (χ1) is 8.63. The summed E-state index contributed by atoms with van der Waals surface area (Å²) in [5.74, 6) is -0.619. The largest absolute Gasteiger partial charge is 0.465 e. The van der Waals surface area contributed by atoms with Gasteiger partial charge in [0.2, 0.25) is 5.91 Å². The van der Waals surface area contributed by atoms with Gasteiger partial charge in [0.15, 0.2) is 0 Å². The fraction of sp³-hybridized carbons (Fsp3) is 0.385. The number of rotatable bonds is 6. The summed E-state index contributed by atoms with van der Waals surface area (Å²) in [4.78, 5) is 22.5. The van der Waals surface area contributed by atoms with Crippen LogP contribution in [0.15, 0.2) is 24.3 Å². The van der Waals surface area contributed by atoms with Crippen LogP contribution >= 0.6 is 11.6 Å². The van der Waals surface area contributed by atoms with Crippen molar-refractivity contribution in [1.82, 2.24) is 5.32 Å². The lowest BCUT2D eigenvalue weighted by atomic mass is 10.1. The average Bonchev–Trinajstić information content (AvgIpc) is 2.36. The van der Waals surface area contributed by atoms with E-state index in [-0.39, 0.29) is 12.5 Å². The Bertz CT molecular complexity index is 420. The zero-order chi connectivity index (χ0) is 13.4. The highest BCUT2D eigenvalue weighted by Crippen LogP contribution is 2.16. The van der Waals surface area contributed by atoms with Crippen LogP contribution in [0.5, 0.6) is 0 Å². The maximum atomic E-state index is 11.5. The third kappa shape index (κ3) is 5.19. The van der Waals surface area contributed by atoms with Gasteiger partial charge in [-0.25, -0.2) is 0 Å². The number of amides is 1. The number of carbonyl (C=O) groups excluding carboxylic acids is 2. The Labute approximate surface area is 111 Å². The van der Waals surface area contributed by atoms with Gasteiger partial charge in [0.1, 0.15) is 6.54 Å². The molecule has 0 heterocycles. The first-order valence-electron chi connectivity index (χ1n) is 5.79. The number of esters is 1. The number of halogens is 1. The minimum Gasteiger partial charge on any atom is -0.465 e. The average molecular weight is 270 g/mol. The predicted molar refractivity (Wildman–Crippen MR) is 69.4 cm³/mol. The van der Waals surface area contributed by atoms with Gasteiger partial charge in [0.05, 0.1) is 6.61 Å². The van der Waals surface area contributed by atoms with Crippen LogP contribution in [0.4, 0.5) is 0 Å². The van der Waals surface area contributed by atoms with E-state index >= 15 is 0 Å². The summed E-state index contributed by atoms with van der Waals surface area (Å²) in [5.41, 5.74) is 0.922. The fourth-order valence-electron chi connectivity index (χ4n) is 1.42. The third-order valence-corrected chi connectivity index (χ3v) is 2.68. The minimum atomic E-state index is -0.427. The Kier molecular flexibility index (Phi) is 6.22. The molecule has 0 bridgehead atoms. The molecule has 0 aromatic heterocycles. The molecule has 1 aromatic rings. The molecule has 0 aliphatic rings. The highest BCUT2D eigenvalue weighted by Gasteiger charge is 2.07. The third-order valence-electron chi connectivity index (χ3n) is 2.31. The molecule has 0 saturated carbocycles. The summed E-state index contributed by atoms with van der Waals surface area (Å²) in [6.07, 6.45) is 0.845. The van der Waals surface area contributed by atoms with Crippen molar-refractivity contribution in [1.29, 1.82) is 0 Å². The van der Waals surface area contributed by atoms with E-state index in [9.17, 15) is 9.59 Å². The molecule has 4 nitrogen and oxygen atoms in total. The van der Waals surface area contributed by atoms with Crippen molar-refractivity contribution in [2.45, 2.75) is 19.8 Å². The van der Waals surface area contributed by atoms with E-state index in [1.807, 2.05) is 18.2 Å². The maximum absolute atomic E-state index is 11.5. The summed E-state index contributed by atoms with van der Waals surface area (Å²) in [6, 6.07) is 7.37. The second-order valence-electron chi connectivity index (χ2n) is 3.67. The molecule has 1 amide bonds. The van der Waals surface area contributed by atoms with Gasteiger partial charge in [0.25, 0.3) is 0 Å². The second kappa shape index (κ2) is 7.71. The van der Waals surface area contributed by atoms with E-state index in [0.717, 1.165) is 5.56 Å². The molecule has 0 unspecified atom stereocenters. The monoisotopic (exact) mass is 269 g/mol. The van der Waals surface area contributed by atoms with E-state index in [1.165, 1.54) is 0 Å². The maximum Gasteiger partial charge on any atom is 0.325 e. The molecule has 0 aliphatic heterocycles. The van der Waals surface area contributed by atoms with Crippen LogP contribution in [0.25, 0.3) is 0 Å². The smallest absolute Gasteiger partial charge is 0.325 e. The SMILES string of the molecule is CCOC(=O)CNC(=O)CCc1ccccc1Cl. The number of hydrogen-bond acceptors (Lipinski definition) is 3. The zero-order valence-electron chi connectivity index (χ0n) is 10.2. The van der Waals surface area contributed by atoms with Crippen molar-refractivity contribution < 1.29 is 14.3 Å². The molecule has 0 radical (unpaired) electrons. The van der Waals surface area contributed by atoms with E-state index < -0.39 is 5.97 Å². The molecule has 1 N–H and O–H groups in total. The summed E-state index contributed by atoms with van der Waals surface area (Å²) in [5, 5.41) is 3.15. The summed E-state index contributed by atoms with van der Waals surface area (Å²) in [7, 11) is 0. The zero-order valence-corrected chi connectivity index (χ0v) is 11.0. The Morgan fingerprint density at radius 1 is 1.33 bits per heavy atom. The predicted octanol–water partition coefficient (Wildman–Crippen LogP) is 1.95. The molecule has 0 saturated heterocycles. The van der Waals surface area contributed by atoms with Crippen LogP contribution in [0.1, 0.15) is 18.9 Å². The number of carbonyl (C=O) groups is 2. The number of nitrogens with one attached hydrogen (secondary N) is 1. The number of ether oxygens (including phenoxy) is 1. The summed E-state index contributed by atoms with van der Waals surface area (Å²) >= 11 is 5.97. The van der Waals surface area contributed by atoms with Crippen molar-refractivity contribution in [3.63, 3.8) is 0 Å². The molecule has 18 heavy (non-hydrogen) atoms. The van der Waals surface area contributed by atoms with Crippen LogP contribution in [-0.4, -0.2) is 25.0 Å². The Balaban J connectivity index is 2.29. The number of aryl methyl sites for hydroxylation is 1. The van der Waals surface area contributed by atoms with Crippen LogP contribution in [0.2, 0.25) is 5.02 Å². The van der Waals surface area contributed by atoms with Crippen LogP contribution in [0, 0.1) is 0 Å². The molecule has 0 fully saturated rings. The quantitative estimate of drug-likeness (QED) is 0.803. The van der Waals surface area contributed by atoms with Crippen LogP contribution < -0.4 is 5.32 Å².